The molecule has 104 valence electrons. The first kappa shape index (κ1) is 14.9. The minimum atomic E-state index is -0.118. The number of rotatable bonds is 4. The van der Waals surface area contributed by atoms with E-state index < -0.39 is 0 Å². The highest BCUT2D eigenvalue weighted by molar-refractivity contribution is 6.31. The molecule has 0 aromatic heterocycles. The molecule has 1 unspecified atom stereocenters. The van der Waals surface area contributed by atoms with Crippen molar-refractivity contribution in [2.24, 2.45) is 9.98 Å². The summed E-state index contributed by atoms with van der Waals surface area (Å²) in [4.78, 5) is 28.4. The topological polar surface area (TPSA) is 58.9 Å². The molecular formula is C16H11ClN2O2. The first-order valence-corrected chi connectivity index (χ1v) is 6.60. The van der Waals surface area contributed by atoms with E-state index in [4.69, 9.17) is 11.6 Å². The summed E-state index contributed by atoms with van der Waals surface area (Å²) >= 11 is 6.21. The highest BCUT2D eigenvalue weighted by atomic mass is 35.5. The van der Waals surface area contributed by atoms with Crippen molar-refractivity contribution in [3.05, 3.63) is 58.6 Å². The van der Waals surface area contributed by atoms with E-state index in [2.05, 4.69) is 9.98 Å². The van der Waals surface area contributed by atoms with Gasteiger partial charge in [-0.3, -0.25) is 0 Å². The van der Waals surface area contributed by atoms with Crippen LogP contribution in [-0.2, 0) is 9.59 Å². The zero-order valence-corrected chi connectivity index (χ0v) is 12.0. The highest BCUT2D eigenvalue weighted by Crippen LogP contribution is 2.39. The van der Waals surface area contributed by atoms with Gasteiger partial charge < -0.3 is 0 Å². The lowest BCUT2D eigenvalue weighted by atomic mass is 9.91. The van der Waals surface area contributed by atoms with Crippen LogP contribution in [0.3, 0.4) is 0 Å². The van der Waals surface area contributed by atoms with Crippen molar-refractivity contribution in [3.8, 4) is 0 Å². The number of nitrogens with zero attached hydrogens (tertiary/aromatic N) is 2. The minimum Gasteiger partial charge on any atom is -0.211 e. The van der Waals surface area contributed by atoms with Gasteiger partial charge in [-0.05, 0) is 23.3 Å². The van der Waals surface area contributed by atoms with E-state index in [0.717, 1.165) is 11.1 Å². The average Bonchev–Trinajstić information content (AvgIpc) is 2.49. The smallest absolute Gasteiger partial charge is 0.211 e. The van der Waals surface area contributed by atoms with E-state index in [1.165, 1.54) is 12.2 Å². The molecule has 0 amide bonds. The molecule has 0 heterocycles. The first-order valence-electron chi connectivity index (χ1n) is 6.22. The summed E-state index contributed by atoms with van der Waals surface area (Å²) in [5, 5.41) is 0.621. The molecule has 0 spiro atoms. The van der Waals surface area contributed by atoms with Crippen molar-refractivity contribution in [2.75, 3.05) is 0 Å². The van der Waals surface area contributed by atoms with Crippen molar-refractivity contribution in [3.63, 3.8) is 0 Å². The van der Waals surface area contributed by atoms with Crippen molar-refractivity contribution < 1.29 is 9.59 Å². The number of aliphatic imine (C=N–C) groups is 2. The monoisotopic (exact) mass is 298 g/mol. The molecule has 0 aliphatic heterocycles. The highest BCUT2D eigenvalue weighted by Gasteiger charge is 2.17. The molecule has 4 nitrogen and oxygen atoms in total. The average molecular weight is 299 g/mol. The van der Waals surface area contributed by atoms with Gasteiger partial charge in [0.25, 0.3) is 0 Å². The zero-order valence-electron chi connectivity index (χ0n) is 11.2. The second kappa shape index (κ2) is 6.78. The van der Waals surface area contributed by atoms with Crippen molar-refractivity contribution in [1.29, 1.82) is 0 Å². The fourth-order valence-electron chi connectivity index (χ4n) is 2.20. The van der Waals surface area contributed by atoms with E-state index in [-0.39, 0.29) is 11.6 Å². The van der Waals surface area contributed by atoms with Crippen LogP contribution in [0.15, 0.2) is 52.4 Å². The van der Waals surface area contributed by atoms with Crippen LogP contribution >= 0.6 is 11.6 Å². The van der Waals surface area contributed by atoms with Crippen LogP contribution in [0.1, 0.15) is 24.0 Å². The Bertz CT molecular complexity index is 761. The van der Waals surface area contributed by atoms with Crippen LogP contribution in [0, 0.1) is 0 Å². The molecule has 21 heavy (non-hydrogen) atoms. The van der Waals surface area contributed by atoms with E-state index >= 15 is 0 Å². The number of carbonyl (C=O) groups excluding carboxylic acids is 2. The Kier molecular flexibility index (Phi) is 4.81. The van der Waals surface area contributed by atoms with Gasteiger partial charge in [-0.1, -0.05) is 48.9 Å². The van der Waals surface area contributed by atoms with Crippen LogP contribution in [0.25, 0.3) is 0 Å². The maximum absolute atomic E-state index is 10.7. The van der Waals surface area contributed by atoms with Crippen molar-refractivity contribution in [1.82, 2.24) is 0 Å². The lowest BCUT2D eigenvalue weighted by Crippen LogP contribution is -1.97. The maximum Gasteiger partial charge on any atom is 0.240 e. The summed E-state index contributed by atoms with van der Waals surface area (Å²) in [7, 11) is 0. The van der Waals surface area contributed by atoms with Crippen molar-refractivity contribution in [2.45, 2.75) is 12.8 Å². The van der Waals surface area contributed by atoms with Gasteiger partial charge in [-0.2, -0.15) is 9.98 Å². The summed E-state index contributed by atoms with van der Waals surface area (Å²) < 4.78 is 0. The molecule has 0 aliphatic carbocycles. The van der Waals surface area contributed by atoms with Gasteiger partial charge in [-0.15, -0.1) is 0 Å². The molecule has 2 rings (SSSR count). The molecule has 0 radical (unpaired) electrons. The largest absolute Gasteiger partial charge is 0.240 e. The Morgan fingerprint density at radius 1 is 0.952 bits per heavy atom. The van der Waals surface area contributed by atoms with Crippen molar-refractivity contribution >= 4 is 35.1 Å². The van der Waals surface area contributed by atoms with E-state index in [1.807, 2.05) is 31.2 Å². The molecule has 0 aliphatic rings. The van der Waals surface area contributed by atoms with Crippen LogP contribution in [-0.4, -0.2) is 12.2 Å². The zero-order chi connectivity index (χ0) is 15.2. The summed E-state index contributed by atoms with van der Waals surface area (Å²) in [6, 6.07) is 12.6. The third-order valence-electron chi connectivity index (χ3n) is 3.21. The number of hydrogen-bond donors (Lipinski definition) is 0. The maximum atomic E-state index is 10.7. The number of hydrogen-bond acceptors (Lipinski definition) is 4. The Morgan fingerprint density at radius 2 is 1.62 bits per heavy atom. The SMILES string of the molecule is CC(c1ccccc1Cl)c1cccc(N=C=O)c1N=C=O. The van der Waals surface area contributed by atoms with Gasteiger partial charge in [-0.25, -0.2) is 9.59 Å². The number of isocyanates is 2. The summed E-state index contributed by atoms with van der Waals surface area (Å²) in [6.45, 7) is 1.94. The van der Waals surface area contributed by atoms with E-state index in [0.29, 0.717) is 10.7 Å². The molecule has 1 atom stereocenters. The third-order valence-corrected chi connectivity index (χ3v) is 3.55. The molecule has 2 aromatic carbocycles. The van der Waals surface area contributed by atoms with Crippen LogP contribution in [0.5, 0.6) is 0 Å². The summed E-state index contributed by atoms with van der Waals surface area (Å²) in [6.07, 6.45) is 2.96. The lowest BCUT2D eigenvalue weighted by Gasteiger charge is -2.16. The van der Waals surface area contributed by atoms with Gasteiger partial charge in [0, 0.05) is 10.9 Å². The molecular weight excluding hydrogens is 288 g/mol. The van der Waals surface area contributed by atoms with Gasteiger partial charge in [0.05, 0.1) is 0 Å². The van der Waals surface area contributed by atoms with Gasteiger partial charge in [0.1, 0.15) is 11.4 Å². The molecule has 0 saturated heterocycles. The molecule has 2 aromatic rings. The van der Waals surface area contributed by atoms with Crippen LogP contribution in [0.4, 0.5) is 11.4 Å². The number of benzene rings is 2. The minimum absolute atomic E-state index is 0.118. The Labute approximate surface area is 126 Å². The number of para-hydroxylation sites is 1. The first-order chi connectivity index (χ1) is 10.2. The normalized spacial score (nSPS) is 11.1. The molecule has 0 N–H and O–H groups in total. The predicted molar refractivity (Wildman–Crippen MR) is 81.0 cm³/mol. The summed E-state index contributed by atoms with van der Waals surface area (Å²) in [5.74, 6) is -0.118. The lowest BCUT2D eigenvalue weighted by molar-refractivity contribution is 0.564. The second-order valence-electron chi connectivity index (χ2n) is 4.36. The van der Waals surface area contributed by atoms with Gasteiger partial charge in [0.15, 0.2) is 0 Å². The Hall–Kier alpha value is -2.51. The standard InChI is InChI=1S/C16H11ClN2O2/c1-11(12-5-2-3-7-14(12)17)13-6-4-8-15(18-9-20)16(13)19-10-21/h2-8,11H,1H3. The van der Waals surface area contributed by atoms with Gasteiger partial charge >= 0.3 is 0 Å². The third kappa shape index (κ3) is 3.15. The fraction of sp³-hybridized carbons (Fsp3) is 0.125. The van der Waals surface area contributed by atoms with Gasteiger partial charge in [0.2, 0.25) is 12.2 Å². The molecule has 0 fully saturated rings. The predicted octanol–water partition coefficient (Wildman–Crippen LogP) is 4.43. The second-order valence-corrected chi connectivity index (χ2v) is 4.77. The quantitative estimate of drug-likeness (QED) is 0.619. The molecule has 0 saturated carbocycles. The van der Waals surface area contributed by atoms with E-state index in [1.54, 1.807) is 18.2 Å². The van der Waals surface area contributed by atoms with E-state index in [9.17, 15) is 9.59 Å². The fourth-order valence-corrected chi connectivity index (χ4v) is 2.50. The van der Waals surface area contributed by atoms with Crippen LogP contribution in [0.2, 0.25) is 5.02 Å². The molecule has 0 bridgehead atoms. The molecule has 5 heteroatoms. The summed E-state index contributed by atoms with van der Waals surface area (Å²) in [5.41, 5.74) is 2.23. The number of halogens is 1. The Balaban J connectivity index is 2.63. The Morgan fingerprint density at radius 3 is 2.29 bits per heavy atom. The van der Waals surface area contributed by atoms with Crippen LogP contribution < -0.4 is 0 Å².